The first-order chi connectivity index (χ1) is 14.7. The van der Waals surface area contributed by atoms with Gasteiger partial charge in [-0.15, -0.1) is 0 Å². The fraction of sp³-hybridized carbons (Fsp3) is 0.0556. The maximum atomic E-state index is 12.6. The van der Waals surface area contributed by atoms with Crippen LogP contribution in [0.2, 0.25) is 5.02 Å². The molecule has 2 N–H and O–H groups in total. The summed E-state index contributed by atoms with van der Waals surface area (Å²) in [6, 6.07) is 8.70. The molecule has 0 saturated carbocycles. The van der Waals surface area contributed by atoms with Gasteiger partial charge in [-0.05, 0) is 30.3 Å². The molecule has 0 aliphatic carbocycles. The lowest BCUT2D eigenvalue weighted by Gasteiger charge is -2.11. The Labute approximate surface area is 181 Å². The van der Waals surface area contributed by atoms with Crippen LogP contribution in [0.3, 0.4) is 0 Å². The molecule has 0 unspecified atom stereocenters. The highest BCUT2D eigenvalue weighted by molar-refractivity contribution is 7.92. The molecule has 11 nitrogen and oxygen atoms in total. The average molecular weight is 464 g/mol. The summed E-state index contributed by atoms with van der Waals surface area (Å²) in [4.78, 5) is 30.3. The lowest BCUT2D eigenvalue weighted by Crippen LogP contribution is -2.16. The molecule has 1 aromatic heterocycles. The van der Waals surface area contributed by atoms with Crippen LogP contribution in [-0.4, -0.2) is 36.3 Å². The second-order valence-corrected chi connectivity index (χ2v) is 8.01. The summed E-state index contributed by atoms with van der Waals surface area (Å²) in [5.41, 5.74) is -0.130. The molecule has 31 heavy (non-hydrogen) atoms. The number of nitrogens with zero attached hydrogens (tertiary/aromatic N) is 3. The molecule has 0 spiro atoms. The molecule has 0 aliphatic rings. The van der Waals surface area contributed by atoms with Crippen LogP contribution in [0.4, 0.5) is 17.2 Å². The van der Waals surface area contributed by atoms with Crippen LogP contribution in [0.15, 0.2) is 59.8 Å². The quantitative estimate of drug-likeness (QED) is 0.400. The highest BCUT2D eigenvalue weighted by atomic mass is 35.5. The summed E-state index contributed by atoms with van der Waals surface area (Å²) in [5.74, 6) is -0.766. The van der Waals surface area contributed by atoms with Gasteiger partial charge in [0.25, 0.3) is 27.5 Å². The number of rotatable bonds is 7. The van der Waals surface area contributed by atoms with Gasteiger partial charge in [0.15, 0.2) is 0 Å². The van der Waals surface area contributed by atoms with Crippen molar-refractivity contribution in [1.29, 1.82) is 0 Å². The Morgan fingerprint density at radius 2 is 1.81 bits per heavy atom. The van der Waals surface area contributed by atoms with Crippen LogP contribution in [-0.2, 0) is 10.0 Å². The van der Waals surface area contributed by atoms with Crippen LogP contribution in [0.1, 0.15) is 10.4 Å². The first-order valence-corrected chi connectivity index (χ1v) is 10.3. The Kier molecular flexibility index (Phi) is 6.32. The van der Waals surface area contributed by atoms with Crippen molar-refractivity contribution in [2.75, 3.05) is 17.1 Å². The van der Waals surface area contributed by atoms with E-state index in [0.717, 1.165) is 6.07 Å². The molecule has 3 aromatic rings. The van der Waals surface area contributed by atoms with Crippen molar-refractivity contribution >= 4 is 44.7 Å². The lowest BCUT2D eigenvalue weighted by molar-refractivity contribution is -0.384. The zero-order chi connectivity index (χ0) is 22.6. The third kappa shape index (κ3) is 5.05. The molecule has 3 rings (SSSR count). The van der Waals surface area contributed by atoms with Crippen molar-refractivity contribution in [1.82, 2.24) is 9.97 Å². The van der Waals surface area contributed by atoms with E-state index in [1.165, 1.54) is 55.9 Å². The van der Waals surface area contributed by atoms with E-state index in [1.54, 1.807) is 0 Å². The van der Waals surface area contributed by atoms with Crippen molar-refractivity contribution < 1.29 is 22.9 Å². The van der Waals surface area contributed by atoms with Crippen LogP contribution >= 0.6 is 11.6 Å². The van der Waals surface area contributed by atoms with Crippen molar-refractivity contribution in [3.63, 3.8) is 0 Å². The number of halogens is 1. The number of amides is 1. The topological polar surface area (TPSA) is 153 Å². The number of carbonyl (C=O) groups is 1. The first-order valence-electron chi connectivity index (χ1n) is 8.44. The Balaban J connectivity index is 1.78. The Morgan fingerprint density at radius 1 is 1.13 bits per heavy atom. The number of nitro benzene ring substituents is 1. The van der Waals surface area contributed by atoms with Gasteiger partial charge in [-0.25, -0.2) is 18.4 Å². The normalized spacial score (nSPS) is 10.9. The fourth-order valence-corrected chi connectivity index (χ4v) is 3.66. The summed E-state index contributed by atoms with van der Waals surface area (Å²) in [5, 5.41) is 13.4. The van der Waals surface area contributed by atoms with E-state index < -0.39 is 20.9 Å². The van der Waals surface area contributed by atoms with E-state index in [1.807, 2.05) is 0 Å². The largest absolute Gasteiger partial charge is 0.478 e. The second-order valence-electron chi connectivity index (χ2n) is 5.92. The number of hydrogen-bond acceptors (Lipinski definition) is 8. The minimum absolute atomic E-state index is 0.00351. The van der Waals surface area contributed by atoms with Crippen LogP contribution in [0.25, 0.3) is 0 Å². The number of sulfonamides is 1. The Morgan fingerprint density at radius 3 is 2.45 bits per heavy atom. The van der Waals surface area contributed by atoms with Gasteiger partial charge in [0.2, 0.25) is 5.82 Å². The maximum Gasteiger partial charge on any atom is 0.270 e. The first kappa shape index (κ1) is 21.9. The number of methoxy groups -OCH3 is 1. The van der Waals surface area contributed by atoms with Crippen LogP contribution < -0.4 is 14.8 Å². The van der Waals surface area contributed by atoms with Crippen LogP contribution in [0.5, 0.6) is 5.88 Å². The van der Waals surface area contributed by atoms with Crippen LogP contribution in [0, 0.1) is 10.1 Å². The van der Waals surface area contributed by atoms with Gasteiger partial charge in [-0.3, -0.25) is 19.6 Å². The fourth-order valence-electron chi connectivity index (χ4n) is 2.45. The van der Waals surface area contributed by atoms with E-state index in [2.05, 4.69) is 20.0 Å². The summed E-state index contributed by atoms with van der Waals surface area (Å²) in [6.45, 7) is 0. The van der Waals surface area contributed by atoms with Crippen molar-refractivity contribution in [2.24, 2.45) is 0 Å². The molecule has 0 saturated heterocycles. The number of aromatic nitrogens is 2. The summed E-state index contributed by atoms with van der Waals surface area (Å²) < 4.78 is 32.4. The molecule has 160 valence electrons. The maximum absolute atomic E-state index is 12.6. The van der Waals surface area contributed by atoms with E-state index >= 15 is 0 Å². The zero-order valence-corrected chi connectivity index (χ0v) is 17.3. The predicted octanol–water partition coefficient (Wildman–Crippen LogP) is 3.10. The van der Waals surface area contributed by atoms with Gasteiger partial charge in [-0.1, -0.05) is 11.6 Å². The molecule has 1 heterocycles. The molecule has 0 fully saturated rings. The van der Waals surface area contributed by atoms with Crippen molar-refractivity contribution in [2.45, 2.75) is 4.90 Å². The predicted molar refractivity (Wildman–Crippen MR) is 112 cm³/mol. The van der Waals surface area contributed by atoms with Gasteiger partial charge < -0.3 is 10.1 Å². The molecule has 0 atom stereocenters. The van der Waals surface area contributed by atoms with Gasteiger partial charge in [0, 0.05) is 30.2 Å². The number of nitro groups is 1. The lowest BCUT2D eigenvalue weighted by atomic mass is 10.2. The van der Waals surface area contributed by atoms with Gasteiger partial charge >= 0.3 is 0 Å². The SMILES string of the molecule is COc1nccnc1NS(=O)(=O)c1ccc(NC(=O)c2cc([N+](=O)[O-])ccc2Cl)cc1. The Hall–Kier alpha value is -3.77. The molecule has 0 radical (unpaired) electrons. The monoisotopic (exact) mass is 463 g/mol. The molecule has 2 aromatic carbocycles. The van der Waals surface area contributed by atoms with E-state index in [9.17, 15) is 23.3 Å². The number of nitrogens with one attached hydrogen (secondary N) is 2. The standard InChI is InChI=1S/C18H14ClN5O6S/c1-30-18-16(20-8-9-21-18)23-31(28,29)13-5-2-11(3-6-13)22-17(25)14-10-12(24(26)27)4-7-15(14)19/h2-10H,1H3,(H,20,23)(H,22,25). The highest BCUT2D eigenvalue weighted by Gasteiger charge is 2.19. The van der Waals surface area contributed by atoms with E-state index in [4.69, 9.17) is 16.3 Å². The molecule has 13 heteroatoms. The average Bonchev–Trinajstić information content (AvgIpc) is 2.74. The molecule has 1 amide bonds. The van der Waals surface area contributed by atoms with Crippen molar-refractivity contribution in [3.05, 3.63) is 75.6 Å². The van der Waals surface area contributed by atoms with Gasteiger partial charge in [-0.2, -0.15) is 0 Å². The molecular weight excluding hydrogens is 450 g/mol. The van der Waals surface area contributed by atoms with E-state index in [0.29, 0.717) is 0 Å². The number of hydrogen-bond donors (Lipinski definition) is 2. The molecule has 0 bridgehead atoms. The zero-order valence-electron chi connectivity index (χ0n) is 15.8. The minimum Gasteiger partial charge on any atom is -0.478 e. The summed E-state index contributed by atoms with van der Waals surface area (Å²) in [7, 11) is -2.68. The number of benzene rings is 2. The summed E-state index contributed by atoms with van der Waals surface area (Å²) in [6.07, 6.45) is 2.65. The number of carbonyl (C=O) groups excluding carboxylic acids is 1. The summed E-state index contributed by atoms with van der Waals surface area (Å²) >= 11 is 5.96. The number of anilines is 2. The smallest absolute Gasteiger partial charge is 0.270 e. The van der Waals surface area contributed by atoms with Gasteiger partial charge in [0.1, 0.15) is 0 Å². The Bertz CT molecular complexity index is 1250. The third-order valence-corrected chi connectivity index (χ3v) is 5.60. The minimum atomic E-state index is -4.01. The third-order valence-electron chi connectivity index (χ3n) is 3.92. The van der Waals surface area contributed by atoms with E-state index in [-0.39, 0.29) is 38.6 Å². The number of non-ortho nitro benzene ring substituents is 1. The highest BCUT2D eigenvalue weighted by Crippen LogP contribution is 2.25. The molecular formula is C18H14ClN5O6S. The van der Waals surface area contributed by atoms with Crippen molar-refractivity contribution in [3.8, 4) is 5.88 Å². The second kappa shape index (κ2) is 8.93. The number of ether oxygens (including phenoxy) is 1. The molecule has 0 aliphatic heterocycles. The van der Waals surface area contributed by atoms with Gasteiger partial charge in [0.05, 0.1) is 27.5 Å².